The third-order valence-electron chi connectivity index (χ3n) is 5.04. The zero-order chi connectivity index (χ0) is 17.9. The van der Waals surface area contributed by atoms with Crippen LogP contribution >= 0.6 is 11.6 Å². The van der Waals surface area contributed by atoms with Crippen molar-refractivity contribution in [3.63, 3.8) is 0 Å². The van der Waals surface area contributed by atoms with Gasteiger partial charge in [-0.3, -0.25) is 4.79 Å². The summed E-state index contributed by atoms with van der Waals surface area (Å²) in [6.07, 6.45) is -4.44. The molecule has 0 radical (unpaired) electrons. The van der Waals surface area contributed by atoms with Crippen molar-refractivity contribution in [1.29, 1.82) is 5.26 Å². The average Bonchev–Trinajstić information content (AvgIpc) is 3.06. The van der Waals surface area contributed by atoms with Crippen LogP contribution < -0.4 is 0 Å². The van der Waals surface area contributed by atoms with Gasteiger partial charge in [-0.1, -0.05) is 17.7 Å². The van der Waals surface area contributed by atoms with E-state index in [1.807, 2.05) is 6.07 Å². The Morgan fingerprint density at radius 3 is 2.71 bits per heavy atom. The van der Waals surface area contributed by atoms with Crippen molar-refractivity contribution in [2.75, 3.05) is 6.54 Å². The van der Waals surface area contributed by atoms with Crippen molar-refractivity contribution in [2.45, 2.75) is 43.5 Å². The molecule has 3 rings (SSSR count). The zero-order valence-electron chi connectivity index (χ0n) is 12.7. The summed E-state index contributed by atoms with van der Waals surface area (Å²) in [6.45, 7) is 1.65. The van der Waals surface area contributed by atoms with Gasteiger partial charge in [-0.05, 0) is 37.0 Å². The first-order valence-electron chi connectivity index (χ1n) is 7.43. The van der Waals surface area contributed by atoms with E-state index in [0.29, 0.717) is 6.42 Å². The summed E-state index contributed by atoms with van der Waals surface area (Å²) in [7, 11) is 0. The summed E-state index contributed by atoms with van der Waals surface area (Å²) in [6, 6.07) is 3.11. The molecular weight excluding hydrogens is 345 g/mol. The van der Waals surface area contributed by atoms with Crippen LogP contribution in [0.1, 0.15) is 35.4 Å². The lowest BCUT2D eigenvalue weighted by atomic mass is 9.77. The molecule has 0 bridgehead atoms. The Morgan fingerprint density at radius 1 is 1.46 bits per heavy atom. The molecule has 4 nitrogen and oxygen atoms in total. The number of rotatable bonds is 1. The Labute approximate surface area is 141 Å². The Hall–Kier alpha value is -1.78. The predicted molar refractivity (Wildman–Crippen MR) is 79.4 cm³/mol. The zero-order valence-corrected chi connectivity index (χ0v) is 13.4. The highest BCUT2D eigenvalue weighted by molar-refractivity contribution is 6.32. The fourth-order valence-corrected chi connectivity index (χ4v) is 4.07. The maximum Gasteiger partial charge on any atom is 0.420 e. The maximum atomic E-state index is 13.8. The van der Waals surface area contributed by atoms with Gasteiger partial charge < -0.3 is 10.0 Å². The number of carbonyl (C=O) groups is 1. The van der Waals surface area contributed by atoms with Crippen molar-refractivity contribution < 1.29 is 23.1 Å². The molecule has 0 aliphatic carbocycles. The van der Waals surface area contributed by atoms with Gasteiger partial charge in [0.15, 0.2) is 5.60 Å². The molecular formula is C16H14ClF3N2O2. The van der Waals surface area contributed by atoms with E-state index in [2.05, 4.69) is 0 Å². The molecule has 1 amide bonds. The fourth-order valence-electron chi connectivity index (χ4n) is 3.86. The number of halogens is 4. The van der Waals surface area contributed by atoms with Crippen LogP contribution in [0, 0.1) is 18.3 Å². The molecule has 128 valence electrons. The summed E-state index contributed by atoms with van der Waals surface area (Å²) >= 11 is 6.04. The van der Waals surface area contributed by atoms with Gasteiger partial charge in [-0.25, -0.2) is 0 Å². The fraction of sp³-hybridized carbons (Fsp3) is 0.500. The number of hydrogen-bond donors (Lipinski definition) is 1. The second-order valence-corrected chi connectivity index (χ2v) is 6.58. The lowest BCUT2D eigenvalue weighted by Gasteiger charge is -2.35. The third-order valence-corrected chi connectivity index (χ3v) is 5.53. The van der Waals surface area contributed by atoms with E-state index < -0.39 is 29.6 Å². The number of carbonyl (C=O) groups excluding carboxylic acids is 1. The first-order chi connectivity index (χ1) is 11.1. The van der Waals surface area contributed by atoms with Crippen molar-refractivity contribution in [2.24, 2.45) is 0 Å². The smallest absolute Gasteiger partial charge is 0.378 e. The van der Waals surface area contributed by atoms with E-state index in [-0.39, 0.29) is 34.7 Å². The molecule has 2 heterocycles. The first-order valence-corrected chi connectivity index (χ1v) is 7.81. The predicted octanol–water partition coefficient (Wildman–Crippen LogP) is 2.90. The number of fused-ring (bicyclic) bond motifs is 1. The summed E-state index contributed by atoms with van der Waals surface area (Å²) in [5.41, 5.74) is -2.83. The standard InChI is InChI=1S/C16H14ClF3N2O2/c1-8-10(5-4-9(7-21)13(8)17)12-14(23)22-6-2-3-11(22)15(12,24)16(18,19)20/h4-5,11-12,24H,2-3,6H2,1H3/t11?,12?,15-/m0/s1. The normalized spacial score (nSPS) is 29.7. The van der Waals surface area contributed by atoms with Crippen LogP contribution in [-0.2, 0) is 4.79 Å². The van der Waals surface area contributed by atoms with E-state index in [1.165, 1.54) is 19.1 Å². The SMILES string of the molecule is Cc1c(C2C(=O)N3CCCC3[C@@]2(O)C(F)(F)F)ccc(C#N)c1Cl. The summed E-state index contributed by atoms with van der Waals surface area (Å²) < 4.78 is 41.3. The molecule has 3 atom stereocenters. The van der Waals surface area contributed by atoms with Gasteiger partial charge >= 0.3 is 6.18 Å². The number of aliphatic hydroxyl groups is 1. The molecule has 2 unspecified atom stereocenters. The largest absolute Gasteiger partial charge is 0.420 e. The minimum atomic E-state index is -4.97. The molecule has 2 aliphatic heterocycles. The van der Waals surface area contributed by atoms with E-state index in [0.717, 1.165) is 4.90 Å². The number of nitrogens with zero attached hydrogens (tertiary/aromatic N) is 2. The number of amides is 1. The minimum Gasteiger partial charge on any atom is -0.378 e. The van der Waals surface area contributed by atoms with Crippen molar-refractivity contribution in [3.05, 3.63) is 33.8 Å². The average molecular weight is 359 g/mol. The van der Waals surface area contributed by atoms with Gasteiger partial charge in [0, 0.05) is 6.54 Å². The molecule has 1 aromatic rings. The maximum absolute atomic E-state index is 13.8. The molecule has 8 heteroatoms. The number of nitriles is 1. The first kappa shape index (κ1) is 17.1. The molecule has 0 spiro atoms. The lowest BCUT2D eigenvalue weighted by molar-refractivity contribution is -0.270. The Bertz CT molecular complexity index is 759. The molecule has 1 N–H and O–H groups in total. The van der Waals surface area contributed by atoms with E-state index in [1.54, 1.807) is 0 Å². The molecule has 2 aliphatic rings. The van der Waals surface area contributed by atoms with E-state index >= 15 is 0 Å². The highest BCUT2D eigenvalue weighted by atomic mass is 35.5. The van der Waals surface area contributed by atoms with E-state index in [4.69, 9.17) is 16.9 Å². The summed E-state index contributed by atoms with van der Waals surface area (Å²) in [4.78, 5) is 13.7. The monoisotopic (exact) mass is 358 g/mol. The summed E-state index contributed by atoms with van der Waals surface area (Å²) in [5, 5.41) is 19.6. The van der Waals surface area contributed by atoms with E-state index in [9.17, 15) is 23.1 Å². The van der Waals surface area contributed by atoms with Crippen molar-refractivity contribution >= 4 is 17.5 Å². The molecule has 0 aromatic heterocycles. The number of benzene rings is 1. The van der Waals surface area contributed by atoms with Crippen LogP contribution in [0.5, 0.6) is 0 Å². The highest BCUT2D eigenvalue weighted by Gasteiger charge is 2.72. The van der Waals surface area contributed by atoms with Crippen LogP contribution in [-0.4, -0.2) is 40.3 Å². The topological polar surface area (TPSA) is 64.3 Å². The summed E-state index contributed by atoms with van der Waals surface area (Å²) in [5.74, 6) is -2.52. The molecule has 1 aromatic carbocycles. The minimum absolute atomic E-state index is 0.000570. The Balaban J connectivity index is 2.21. The molecule has 2 fully saturated rings. The van der Waals surface area contributed by atoms with Gasteiger partial charge in [0.25, 0.3) is 0 Å². The van der Waals surface area contributed by atoms with Gasteiger partial charge in [0.1, 0.15) is 12.0 Å². The van der Waals surface area contributed by atoms with Gasteiger partial charge in [-0.15, -0.1) is 0 Å². The molecule has 2 saturated heterocycles. The lowest BCUT2D eigenvalue weighted by Crippen LogP contribution is -2.56. The molecule has 0 saturated carbocycles. The van der Waals surface area contributed by atoms with Crippen molar-refractivity contribution in [1.82, 2.24) is 4.90 Å². The van der Waals surface area contributed by atoms with Crippen molar-refractivity contribution in [3.8, 4) is 6.07 Å². The second kappa shape index (κ2) is 5.36. The van der Waals surface area contributed by atoms with Crippen LogP contribution in [0.4, 0.5) is 13.2 Å². The Kier molecular flexibility index (Phi) is 3.81. The second-order valence-electron chi connectivity index (χ2n) is 6.20. The van der Waals surface area contributed by atoms with Gasteiger partial charge in [-0.2, -0.15) is 18.4 Å². The third kappa shape index (κ3) is 2.06. The van der Waals surface area contributed by atoms with Gasteiger partial charge in [0.2, 0.25) is 5.91 Å². The van der Waals surface area contributed by atoms with Gasteiger partial charge in [0.05, 0.1) is 16.6 Å². The molecule has 24 heavy (non-hydrogen) atoms. The highest BCUT2D eigenvalue weighted by Crippen LogP contribution is 2.54. The Morgan fingerprint density at radius 2 is 2.12 bits per heavy atom. The van der Waals surface area contributed by atoms with Crippen LogP contribution in [0.25, 0.3) is 0 Å². The van der Waals surface area contributed by atoms with Crippen LogP contribution in [0.3, 0.4) is 0 Å². The quantitative estimate of drug-likeness (QED) is 0.839. The van der Waals surface area contributed by atoms with Crippen LogP contribution in [0.2, 0.25) is 5.02 Å². The van der Waals surface area contributed by atoms with Crippen LogP contribution in [0.15, 0.2) is 12.1 Å². The number of hydrogen-bond acceptors (Lipinski definition) is 3. The number of alkyl halides is 3.